The van der Waals surface area contributed by atoms with Gasteiger partial charge in [0.2, 0.25) is 0 Å². The Morgan fingerprint density at radius 2 is 1.86 bits per heavy atom. The Morgan fingerprint density at radius 3 is 2.55 bits per heavy atom. The van der Waals surface area contributed by atoms with Gasteiger partial charge in [-0.25, -0.2) is 8.42 Å². The van der Waals surface area contributed by atoms with Crippen LogP contribution in [0.25, 0.3) is 0 Å². The summed E-state index contributed by atoms with van der Waals surface area (Å²) in [6.45, 7) is 2.15. The highest BCUT2D eigenvalue weighted by molar-refractivity contribution is 7.92. The maximum Gasteiger partial charge on any atom is 0.264 e. The molecule has 0 aliphatic carbocycles. The molecule has 1 N–H and O–H groups in total. The van der Waals surface area contributed by atoms with Crippen LogP contribution in [-0.4, -0.2) is 20.1 Å². The largest absolute Gasteiger partial charge is 0.388 e. The van der Waals surface area contributed by atoms with Crippen LogP contribution in [0.2, 0.25) is 5.02 Å². The van der Waals surface area contributed by atoms with Gasteiger partial charge in [0, 0.05) is 17.1 Å². The van der Waals surface area contributed by atoms with E-state index in [0.717, 1.165) is 5.56 Å². The quantitative estimate of drug-likeness (QED) is 0.915. The Hall–Kier alpha value is -1.56. The highest BCUT2D eigenvalue weighted by Gasteiger charge is 2.32. The fraction of sp³-hybridized carbons (Fsp3) is 0.250. The molecule has 2 aromatic carbocycles. The summed E-state index contributed by atoms with van der Waals surface area (Å²) in [6, 6.07) is 11.7. The second-order valence-corrected chi connectivity index (χ2v) is 7.70. The average Bonchev–Trinajstić information content (AvgIpc) is 2.48. The number of aryl methyl sites for hydroxylation is 1. The molecule has 1 aliphatic rings. The van der Waals surface area contributed by atoms with E-state index < -0.39 is 16.1 Å². The van der Waals surface area contributed by atoms with Gasteiger partial charge in [0.25, 0.3) is 10.0 Å². The molecule has 1 unspecified atom stereocenters. The zero-order valence-corrected chi connectivity index (χ0v) is 13.6. The summed E-state index contributed by atoms with van der Waals surface area (Å²) in [5.74, 6) is 0. The van der Waals surface area contributed by atoms with Crippen LogP contribution in [0.5, 0.6) is 0 Å². The third-order valence-electron chi connectivity index (χ3n) is 3.83. The molecule has 0 fully saturated rings. The van der Waals surface area contributed by atoms with Crippen molar-refractivity contribution in [3.63, 3.8) is 0 Å². The van der Waals surface area contributed by atoms with Crippen LogP contribution in [0.1, 0.15) is 23.7 Å². The Labute approximate surface area is 135 Å². The number of fused-ring (bicyclic) bond motifs is 1. The maximum atomic E-state index is 12.9. The molecule has 6 heteroatoms. The number of aliphatic hydroxyl groups is 1. The number of aliphatic hydroxyl groups excluding tert-OH is 1. The monoisotopic (exact) mass is 337 g/mol. The molecule has 116 valence electrons. The van der Waals surface area contributed by atoms with E-state index in [1.54, 1.807) is 42.5 Å². The van der Waals surface area contributed by atoms with Gasteiger partial charge in [-0.2, -0.15) is 0 Å². The van der Waals surface area contributed by atoms with Crippen molar-refractivity contribution in [1.29, 1.82) is 0 Å². The van der Waals surface area contributed by atoms with Gasteiger partial charge in [-0.05, 0) is 43.7 Å². The summed E-state index contributed by atoms with van der Waals surface area (Å²) in [4.78, 5) is 0.246. The topological polar surface area (TPSA) is 57.6 Å². The normalized spacial score (nSPS) is 18.1. The van der Waals surface area contributed by atoms with E-state index in [9.17, 15) is 13.5 Å². The number of sulfonamides is 1. The molecule has 2 aromatic rings. The standard InChI is InChI=1S/C16H16ClNO3S/c1-11-2-5-13(6-3-11)22(20,21)18-9-8-16(19)14-10-12(17)4-7-15(14)18/h2-7,10,16,19H,8-9H2,1H3. The first-order chi connectivity index (χ1) is 10.4. The van der Waals surface area contributed by atoms with Crippen LogP contribution in [0.4, 0.5) is 5.69 Å². The summed E-state index contributed by atoms with van der Waals surface area (Å²) in [5, 5.41) is 10.6. The van der Waals surface area contributed by atoms with Gasteiger partial charge in [-0.1, -0.05) is 29.3 Å². The molecular weight excluding hydrogens is 322 g/mol. The Morgan fingerprint density at radius 1 is 1.18 bits per heavy atom. The van der Waals surface area contributed by atoms with E-state index in [1.807, 2.05) is 6.92 Å². The average molecular weight is 338 g/mol. The Balaban J connectivity index is 2.09. The molecule has 0 saturated heterocycles. The molecule has 4 nitrogen and oxygen atoms in total. The number of halogens is 1. The van der Waals surface area contributed by atoms with Crippen LogP contribution in [0.3, 0.4) is 0 Å². The van der Waals surface area contributed by atoms with Crippen molar-refractivity contribution in [2.45, 2.75) is 24.3 Å². The first-order valence-electron chi connectivity index (χ1n) is 6.96. The smallest absolute Gasteiger partial charge is 0.264 e. The highest BCUT2D eigenvalue weighted by atomic mass is 35.5. The molecule has 3 rings (SSSR count). The summed E-state index contributed by atoms with van der Waals surface area (Å²) < 4.78 is 27.1. The first kappa shape index (κ1) is 15.3. The molecule has 1 atom stereocenters. The molecule has 1 aliphatic heterocycles. The minimum atomic E-state index is -3.65. The lowest BCUT2D eigenvalue weighted by molar-refractivity contribution is 0.166. The lowest BCUT2D eigenvalue weighted by Gasteiger charge is -2.33. The van der Waals surface area contributed by atoms with Crippen LogP contribution >= 0.6 is 11.6 Å². The lowest BCUT2D eigenvalue weighted by atomic mass is 10.0. The van der Waals surface area contributed by atoms with E-state index in [-0.39, 0.29) is 11.4 Å². The van der Waals surface area contributed by atoms with Crippen molar-refractivity contribution >= 4 is 27.3 Å². The van der Waals surface area contributed by atoms with E-state index in [2.05, 4.69) is 0 Å². The Kier molecular flexibility index (Phi) is 3.89. The van der Waals surface area contributed by atoms with Gasteiger partial charge in [-0.3, -0.25) is 4.31 Å². The molecule has 1 heterocycles. The molecule has 0 amide bonds. The van der Waals surface area contributed by atoms with Gasteiger partial charge in [-0.15, -0.1) is 0 Å². The fourth-order valence-electron chi connectivity index (χ4n) is 2.62. The fourth-order valence-corrected chi connectivity index (χ4v) is 4.31. The minimum Gasteiger partial charge on any atom is -0.388 e. The molecule has 0 spiro atoms. The van der Waals surface area contributed by atoms with E-state index >= 15 is 0 Å². The number of anilines is 1. The van der Waals surface area contributed by atoms with Crippen LogP contribution in [0, 0.1) is 6.92 Å². The predicted octanol–water partition coefficient (Wildman–Crippen LogP) is 3.28. The highest BCUT2D eigenvalue weighted by Crippen LogP contribution is 2.38. The van der Waals surface area contributed by atoms with Crippen LogP contribution in [-0.2, 0) is 10.0 Å². The minimum absolute atomic E-state index is 0.242. The zero-order valence-electron chi connectivity index (χ0n) is 12.0. The van der Waals surface area contributed by atoms with E-state index in [4.69, 9.17) is 11.6 Å². The SMILES string of the molecule is Cc1ccc(S(=O)(=O)N2CCC(O)c3cc(Cl)ccc32)cc1. The number of hydrogen-bond donors (Lipinski definition) is 1. The second-order valence-electron chi connectivity index (χ2n) is 5.40. The number of benzene rings is 2. The zero-order chi connectivity index (χ0) is 15.9. The molecule has 0 saturated carbocycles. The van der Waals surface area contributed by atoms with E-state index in [1.165, 1.54) is 4.31 Å². The van der Waals surface area contributed by atoms with Crippen LogP contribution < -0.4 is 4.31 Å². The van der Waals surface area contributed by atoms with Crippen molar-refractivity contribution in [3.05, 3.63) is 58.6 Å². The van der Waals surface area contributed by atoms with Crippen molar-refractivity contribution in [2.75, 3.05) is 10.8 Å². The number of rotatable bonds is 2. The second kappa shape index (κ2) is 5.57. The molecule has 0 bridgehead atoms. The summed E-state index contributed by atoms with van der Waals surface area (Å²) in [5.41, 5.74) is 2.04. The van der Waals surface area contributed by atoms with E-state index in [0.29, 0.717) is 22.7 Å². The third-order valence-corrected chi connectivity index (χ3v) is 5.89. The molecule has 22 heavy (non-hydrogen) atoms. The number of hydrogen-bond acceptors (Lipinski definition) is 3. The van der Waals surface area contributed by atoms with Gasteiger partial charge in [0.05, 0.1) is 16.7 Å². The van der Waals surface area contributed by atoms with Gasteiger partial charge >= 0.3 is 0 Å². The first-order valence-corrected chi connectivity index (χ1v) is 8.78. The van der Waals surface area contributed by atoms with Crippen molar-refractivity contribution in [1.82, 2.24) is 0 Å². The van der Waals surface area contributed by atoms with Crippen LogP contribution in [0.15, 0.2) is 47.4 Å². The summed E-state index contributed by atoms with van der Waals surface area (Å²) >= 11 is 5.96. The summed E-state index contributed by atoms with van der Waals surface area (Å²) in [7, 11) is -3.65. The van der Waals surface area contributed by atoms with Crippen molar-refractivity contribution < 1.29 is 13.5 Å². The van der Waals surface area contributed by atoms with Gasteiger partial charge < -0.3 is 5.11 Å². The Bertz CT molecular complexity index is 803. The van der Waals surface area contributed by atoms with Crippen molar-refractivity contribution in [2.24, 2.45) is 0 Å². The van der Waals surface area contributed by atoms with Gasteiger partial charge in [0.15, 0.2) is 0 Å². The predicted molar refractivity (Wildman–Crippen MR) is 86.7 cm³/mol. The lowest BCUT2D eigenvalue weighted by Crippen LogP contribution is -2.36. The van der Waals surface area contributed by atoms with Gasteiger partial charge in [0.1, 0.15) is 0 Å². The number of nitrogens with zero attached hydrogens (tertiary/aromatic N) is 1. The van der Waals surface area contributed by atoms with Crippen molar-refractivity contribution in [3.8, 4) is 0 Å². The third kappa shape index (κ3) is 2.60. The molecule has 0 aromatic heterocycles. The summed E-state index contributed by atoms with van der Waals surface area (Å²) in [6.07, 6.45) is -0.350. The molecule has 0 radical (unpaired) electrons. The molecular formula is C16H16ClNO3S. The maximum absolute atomic E-state index is 12.9.